The third kappa shape index (κ3) is 3.25. The van der Waals surface area contributed by atoms with Gasteiger partial charge >= 0.3 is 0 Å². The molecule has 18 heavy (non-hydrogen) atoms. The number of rotatable bonds is 5. The molecule has 4 heteroatoms. The van der Waals surface area contributed by atoms with Crippen LogP contribution in [0.2, 0.25) is 0 Å². The minimum absolute atomic E-state index is 0.500. The van der Waals surface area contributed by atoms with Gasteiger partial charge in [-0.1, -0.05) is 28.9 Å². The van der Waals surface area contributed by atoms with Gasteiger partial charge in [0.2, 0.25) is 0 Å². The standard InChI is InChI=1S/C14H21BrN2O/c1-3-16-9-11-4-5-12(15)8-14(11)17(2)13-6-7-18-10-13/h4-5,8,13,16H,3,6-7,9-10H2,1-2H3. The maximum absolute atomic E-state index is 5.48. The molecule has 0 radical (unpaired) electrons. The predicted molar refractivity (Wildman–Crippen MR) is 79.1 cm³/mol. The van der Waals surface area contributed by atoms with Crippen molar-refractivity contribution in [2.75, 3.05) is 31.7 Å². The Morgan fingerprint density at radius 3 is 3.00 bits per heavy atom. The van der Waals surface area contributed by atoms with E-state index in [4.69, 9.17) is 4.74 Å². The van der Waals surface area contributed by atoms with E-state index < -0.39 is 0 Å². The summed E-state index contributed by atoms with van der Waals surface area (Å²) in [6, 6.07) is 6.99. The van der Waals surface area contributed by atoms with E-state index in [0.717, 1.165) is 37.2 Å². The molecule has 0 spiro atoms. The van der Waals surface area contributed by atoms with Crippen molar-refractivity contribution in [3.05, 3.63) is 28.2 Å². The predicted octanol–water partition coefficient (Wildman–Crippen LogP) is 2.78. The zero-order chi connectivity index (χ0) is 13.0. The highest BCUT2D eigenvalue weighted by Gasteiger charge is 2.22. The number of benzene rings is 1. The van der Waals surface area contributed by atoms with Gasteiger partial charge in [0.1, 0.15) is 0 Å². The smallest absolute Gasteiger partial charge is 0.0670 e. The lowest BCUT2D eigenvalue weighted by Gasteiger charge is -2.28. The van der Waals surface area contributed by atoms with Crippen molar-refractivity contribution in [3.8, 4) is 0 Å². The summed E-state index contributed by atoms with van der Waals surface area (Å²) in [5.41, 5.74) is 2.63. The first-order valence-electron chi connectivity index (χ1n) is 6.52. The number of anilines is 1. The highest BCUT2D eigenvalue weighted by atomic mass is 79.9. The van der Waals surface area contributed by atoms with E-state index in [0.29, 0.717) is 6.04 Å². The molecule has 0 aromatic heterocycles. The normalized spacial score (nSPS) is 19.2. The fourth-order valence-electron chi connectivity index (χ4n) is 2.30. The number of likely N-dealkylation sites (N-methyl/N-ethyl adjacent to an activating group) is 1. The summed E-state index contributed by atoms with van der Waals surface area (Å²) in [5, 5.41) is 3.40. The van der Waals surface area contributed by atoms with Crippen LogP contribution in [0.5, 0.6) is 0 Å². The second-order valence-corrected chi connectivity index (χ2v) is 5.60. The molecule has 3 nitrogen and oxygen atoms in total. The maximum Gasteiger partial charge on any atom is 0.0670 e. The fourth-order valence-corrected chi connectivity index (χ4v) is 2.65. The summed E-state index contributed by atoms with van der Waals surface area (Å²) in [6.45, 7) is 5.76. The van der Waals surface area contributed by atoms with Crippen molar-refractivity contribution >= 4 is 21.6 Å². The molecule has 1 aliphatic rings. The van der Waals surface area contributed by atoms with E-state index in [1.807, 2.05) is 0 Å². The second-order valence-electron chi connectivity index (χ2n) is 4.68. The molecule has 0 amide bonds. The molecule has 2 rings (SSSR count). The van der Waals surface area contributed by atoms with Gasteiger partial charge in [-0.15, -0.1) is 0 Å². The molecule has 1 saturated heterocycles. The molecular formula is C14H21BrN2O. The van der Waals surface area contributed by atoms with Gasteiger partial charge in [0, 0.05) is 30.4 Å². The third-order valence-electron chi connectivity index (χ3n) is 3.45. The SMILES string of the molecule is CCNCc1ccc(Br)cc1N(C)C1CCOC1. The summed E-state index contributed by atoms with van der Waals surface area (Å²) in [7, 11) is 2.16. The fraction of sp³-hybridized carbons (Fsp3) is 0.571. The summed E-state index contributed by atoms with van der Waals surface area (Å²) in [5.74, 6) is 0. The highest BCUT2D eigenvalue weighted by molar-refractivity contribution is 9.10. The van der Waals surface area contributed by atoms with E-state index in [9.17, 15) is 0 Å². The molecule has 0 aliphatic carbocycles. The first-order chi connectivity index (χ1) is 8.72. The second kappa shape index (κ2) is 6.55. The Kier molecular flexibility index (Phi) is 5.03. The molecule has 1 aromatic rings. The summed E-state index contributed by atoms with van der Waals surface area (Å²) in [6.07, 6.45) is 1.11. The Bertz CT molecular complexity index is 391. The molecule has 1 atom stereocenters. The van der Waals surface area contributed by atoms with E-state index in [1.165, 1.54) is 11.3 Å². The molecule has 1 aliphatic heterocycles. The van der Waals surface area contributed by atoms with Crippen LogP contribution in [0.4, 0.5) is 5.69 Å². The van der Waals surface area contributed by atoms with Crippen LogP contribution in [0, 0.1) is 0 Å². The van der Waals surface area contributed by atoms with E-state index in [-0.39, 0.29) is 0 Å². The summed E-state index contributed by atoms with van der Waals surface area (Å²) < 4.78 is 6.61. The number of hydrogen-bond acceptors (Lipinski definition) is 3. The summed E-state index contributed by atoms with van der Waals surface area (Å²) >= 11 is 3.56. The minimum Gasteiger partial charge on any atom is -0.379 e. The molecule has 100 valence electrons. The van der Waals surface area contributed by atoms with Gasteiger partial charge < -0.3 is 15.0 Å². The van der Waals surface area contributed by atoms with Crippen LogP contribution in [0.25, 0.3) is 0 Å². The van der Waals surface area contributed by atoms with Gasteiger partial charge in [0.25, 0.3) is 0 Å². The Morgan fingerprint density at radius 2 is 2.33 bits per heavy atom. The Morgan fingerprint density at radius 1 is 1.50 bits per heavy atom. The van der Waals surface area contributed by atoms with Gasteiger partial charge in [-0.3, -0.25) is 0 Å². The number of hydrogen-bond donors (Lipinski definition) is 1. The Labute approximate surface area is 118 Å². The average Bonchev–Trinajstić information content (AvgIpc) is 2.90. The first-order valence-corrected chi connectivity index (χ1v) is 7.31. The van der Waals surface area contributed by atoms with Crippen LogP contribution in [0.3, 0.4) is 0 Å². The van der Waals surface area contributed by atoms with Crippen molar-refractivity contribution in [2.45, 2.75) is 25.9 Å². The van der Waals surface area contributed by atoms with Gasteiger partial charge in [-0.2, -0.15) is 0 Å². The lowest BCUT2D eigenvalue weighted by atomic mass is 10.1. The third-order valence-corrected chi connectivity index (χ3v) is 3.94. The largest absolute Gasteiger partial charge is 0.379 e. The van der Waals surface area contributed by atoms with Gasteiger partial charge in [-0.05, 0) is 30.7 Å². The van der Waals surface area contributed by atoms with Crippen molar-refractivity contribution in [3.63, 3.8) is 0 Å². The van der Waals surface area contributed by atoms with Gasteiger partial charge in [0.15, 0.2) is 0 Å². The lowest BCUT2D eigenvalue weighted by molar-refractivity contribution is 0.193. The van der Waals surface area contributed by atoms with Gasteiger partial charge in [0.05, 0.1) is 12.6 Å². The Balaban J connectivity index is 2.19. The zero-order valence-corrected chi connectivity index (χ0v) is 12.7. The van der Waals surface area contributed by atoms with Crippen LogP contribution in [-0.2, 0) is 11.3 Å². The Hall–Kier alpha value is -0.580. The first kappa shape index (κ1) is 13.8. The molecule has 1 aromatic carbocycles. The number of nitrogens with zero attached hydrogens (tertiary/aromatic N) is 1. The monoisotopic (exact) mass is 312 g/mol. The van der Waals surface area contributed by atoms with Crippen molar-refractivity contribution < 1.29 is 4.74 Å². The van der Waals surface area contributed by atoms with E-state index in [2.05, 4.69) is 58.3 Å². The maximum atomic E-state index is 5.48. The number of nitrogens with one attached hydrogen (secondary N) is 1. The van der Waals surface area contributed by atoms with Crippen LogP contribution in [0.15, 0.2) is 22.7 Å². The quantitative estimate of drug-likeness (QED) is 0.905. The zero-order valence-electron chi connectivity index (χ0n) is 11.1. The van der Waals surface area contributed by atoms with Crippen molar-refractivity contribution in [1.82, 2.24) is 5.32 Å². The van der Waals surface area contributed by atoms with Crippen LogP contribution < -0.4 is 10.2 Å². The van der Waals surface area contributed by atoms with Crippen molar-refractivity contribution in [2.24, 2.45) is 0 Å². The summed E-state index contributed by atoms with van der Waals surface area (Å²) in [4.78, 5) is 2.35. The van der Waals surface area contributed by atoms with Crippen LogP contribution in [-0.4, -0.2) is 32.8 Å². The number of ether oxygens (including phenoxy) is 1. The average molecular weight is 313 g/mol. The van der Waals surface area contributed by atoms with Crippen LogP contribution >= 0.6 is 15.9 Å². The van der Waals surface area contributed by atoms with E-state index in [1.54, 1.807) is 0 Å². The molecule has 0 bridgehead atoms. The minimum atomic E-state index is 0.500. The van der Waals surface area contributed by atoms with E-state index >= 15 is 0 Å². The highest BCUT2D eigenvalue weighted by Crippen LogP contribution is 2.27. The lowest BCUT2D eigenvalue weighted by Crippen LogP contribution is -2.33. The van der Waals surface area contributed by atoms with Crippen molar-refractivity contribution in [1.29, 1.82) is 0 Å². The van der Waals surface area contributed by atoms with Crippen LogP contribution in [0.1, 0.15) is 18.9 Å². The topological polar surface area (TPSA) is 24.5 Å². The molecule has 1 N–H and O–H groups in total. The molecule has 1 heterocycles. The molecule has 1 unspecified atom stereocenters. The van der Waals surface area contributed by atoms with Gasteiger partial charge in [-0.25, -0.2) is 0 Å². The molecular weight excluding hydrogens is 292 g/mol. The molecule has 0 saturated carbocycles. The number of halogens is 1. The molecule has 1 fully saturated rings.